The second kappa shape index (κ2) is 7.42. The van der Waals surface area contributed by atoms with Crippen molar-refractivity contribution in [3.05, 3.63) is 34.4 Å². The van der Waals surface area contributed by atoms with Gasteiger partial charge in [-0.25, -0.2) is 0 Å². The number of likely N-dealkylation sites (N-methyl/N-ethyl adjacent to an activating group) is 2. The van der Waals surface area contributed by atoms with Gasteiger partial charge in [-0.15, -0.1) is 0 Å². The van der Waals surface area contributed by atoms with Crippen LogP contribution in [0.3, 0.4) is 0 Å². The van der Waals surface area contributed by atoms with Crippen molar-refractivity contribution >= 4 is 0 Å². The van der Waals surface area contributed by atoms with E-state index in [9.17, 15) is 0 Å². The summed E-state index contributed by atoms with van der Waals surface area (Å²) in [5, 5.41) is 3.57. The molecule has 0 aromatic heterocycles. The molecule has 1 rings (SSSR count). The second-order valence-electron chi connectivity index (χ2n) is 6.75. The van der Waals surface area contributed by atoms with Gasteiger partial charge in [0.15, 0.2) is 0 Å². The molecule has 0 amide bonds. The van der Waals surface area contributed by atoms with E-state index in [1.165, 1.54) is 22.3 Å². The molecule has 0 aliphatic rings. The summed E-state index contributed by atoms with van der Waals surface area (Å²) in [6, 6.07) is 5.05. The fourth-order valence-electron chi connectivity index (χ4n) is 3.70. The third-order valence-corrected chi connectivity index (χ3v) is 5.03. The van der Waals surface area contributed by atoms with Gasteiger partial charge in [-0.1, -0.05) is 31.5 Å². The van der Waals surface area contributed by atoms with E-state index in [4.69, 9.17) is 0 Å². The summed E-state index contributed by atoms with van der Waals surface area (Å²) in [5.41, 5.74) is 5.84. The minimum Gasteiger partial charge on any atom is -0.315 e. The predicted octanol–water partition coefficient (Wildman–Crippen LogP) is 3.86. The van der Waals surface area contributed by atoms with Crippen LogP contribution in [0.2, 0.25) is 0 Å². The summed E-state index contributed by atoms with van der Waals surface area (Å²) in [5.74, 6) is 0. The van der Waals surface area contributed by atoms with Gasteiger partial charge in [0.1, 0.15) is 0 Å². The highest BCUT2D eigenvalue weighted by Crippen LogP contribution is 2.25. The highest BCUT2D eigenvalue weighted by molar-refractivity contribution is 5.38. The van der Waals surface area contributed by atoms with Crippen LogP contribution in [0.4, 0.5) is 0 Å². The van der Waals surface area contributed by atoms with E-state index in [1.54, 1.807) is 0 Å². The Kier molecular flexibility index (Phi) is 6.42. The first-order valence-electron chi connectivity index (χ1n) is 8.26. The van der Waals surface area contributed by atoms with Gasteiger partial charge in [0.25, 0.3) is 0 Å². The molecule has 1 N–H and O–H groups in total. The summed E-state index contributed by atoms with van der Waals surface area (Å²) in [7, 11) is 2.09. The molecule has 120 valence electrons. The van der Waals surface area contributed by atoms with Crippen molar-refractivity contribution < 1.29 is 0 Å². The first-order chi connectivity index (χ1) is 9.77. The highest BCUT2D eigenvalue weighted by Gasteiger charge is 2.33. The lowest BCUT2D eigenvalue weighted by molar-refractivity contribution is 0.0942. The Morgan fingerprint density at radius 2 is 1.52 bits per heavy atom. The summed E-state index contributed by atoms with van der Waals surface area (Å²) >= 11 is 0. The third kappa shape index (κ3) is 4.08. The van der Waals surface area contributed by atoms with E-state index >= 15 is 0 Å². The molecule has 0 spiro atoms. The van der Waals surface area contributed by atoms with Crippen molar-refractivity contribution in [3.8, 4) is 0 Å². The number of aryl methyl sites for hydroxylation is 3. The Hall–Kier alpha value is -0.860. The van der Waals surface area contributed by atoms with Crippen molar-refractivity contribution in [1.29, 1.82) is 0 Å². The zero-order chi connectivity index (χ0) is 16.2. The third-order valence-electron chi connectivity index (χ3n) is 5.03. The molecule has 1 unspecified atom stereocenters. The fraction of sp³-hybridized carbons (Fsp3) is 0.684. The normalized spacial score (nSPS) is 13.8. The highest BCUT2D eigenvalue weighted by atomic mass is 15.2. The second-order valence-corrected chi connectivity index (χ2v) is 6.75. The Bertz CT molecular complexity index is 436. The van der Waals surface area contributed by atoms with E-state index < -0.39 is 0 Å². The number of nitrogens with zero attached hydrogens (tertiary/aromatic N) is 1. The molecule has 0 aliphatic heterocycles. The molecule has 1 aromatic carbocycles. The van der Waals surface area contributed by atoms with Crippen LogP contribution in [0.5, 0.6) is 0 Å². The predicted molar refractivity (Wildman–Crippen MR) is 94.2 cm³/mol. The lowest BCUT2D eigenvalue weighted by atomic mass is 9.84. The van der Waals surface area contributed by atoms with Crippen LogP contribution >= 0.6 is 0 Å². The van der Waals surface area contributed by atoms with E-state index in [0.717, 1.165) is 19.5 Å². The van der Waals surface area contributed by atoms with Crippen molar-refractivity contribution in [1.82, 2.24) is 10.2 Å². The van der Waals surface area contributed by atoms with Crippen LogP contribution in [0, 0.1) is 20.8 Å². The quantitative estimate of drug-likeness (QED) is 0.820. The van der Waals surface area contributed by atoms with Crippen LogP contribution in [-0.4, -0.2) is 36.6 Å². The van der Waals surface area contributed by atoms with Crippen LogP contribution in [0.25, 0.3) is 0 Å². The van der Waals surface area contributed by atoms with E-state index in [1.807, 2.05) is 0 Å². The Morgan fingerprint density at radius 3 is 1.90 bits per heavy atom. The zero-order valence-corrected chi connectivity index (χ0v) is 15.3. The number of hydrogen-bond acceptors (Lipinski definition) is 2. The monoisotopic (exact) mass is 290 g/mol. The van der Waals surface area contributed by atoms with Crippen LogP contribution < -0.4 is 5.32 Å². The topological polar surface area (TPSA) is 15.3 Å². The van der Waals surface area contributed by atoms with Gasteiger partial charge in [-0.3, -0.25) is 4.90 Å². The maximum Gasteiger partial charge on any atom is 0.0309 e. The van der Waals surface area contributed by atoms with E-state index in [2.05, 4.69) is 77.9 Å². The fourth-order valence-corrected chi connectivity index (χ4v) is 3.70. The van der Waals surface area contributed by atoms with Gasteiger partial charge in [-0.05, 0) is 77.9 Å². The summed E-state index contributed by atoms with van der Waals surface area (Å²) in [6.07, 6.45) is 1.08. The molecule has 2 nitrogen and oxygen atoms in total. The molecule has 21 heavy (non-hydrogen) atoms. The van der Waals surface area contributed by atoms with E-state index in [0.29, 0.717) is 6.04 Å². The minimum absolute atomic E-state index is 0.141. The number of nitrogens with one attached hydrogen (secondary N) is 1. The summed E-state index contributed by atoms with van der Waals surface area (Å²) in [4.78, 5) is 2.55. The summed E-state index contributed by atoms with van der Waals surface area (Å²) < 4.78 is 0. The standard InChI is InChI=1S/C19H34N2/c1-9-21(10-2)19(6,7)18(20-8)13-17-15(4)11-14(3)12-16(17)5/h11-12,18,20H,9-10,13H2,1-8H3. The molecule has 0 aliphatic carbocycles. The Labute approximate surface area is 131 Å². The minimum atomic E-state index is 0.141. The van der Waals surface area contributed by atoms with Crippen molar-refractivity contribution in [3.63, 3.8) is 0 Å². The molecule has 1 atom stereocenters. The molecule has 0 saturated heterocycles. The average Bonchev–Trinajstić information content (AvgIpc) is 2.38. The Balaban J connectivity index is 3.08. The smallest absolute Gasteiger partial charge is 0.0309 e. The molecule has 0 heterocycles. The molecule has 0 bridgehead atoms. The molecular weight excluding hydrogens is 256 g/mol. The average molecular weight is 290 g/mol. The largest absolute Gasteiger partial charge is 0.315 e. The molecule has 2 heteroatoms. The lowest BCUT2D eigenvalue weighted by Gasteiger charge is -2.44. The van der Waals surface area contributed by atoms with E-state index in [-0.39, 0.29) is 5.54 Å². The van der Waals surface area contributed by atoms with Crippen LogP contribution in [-0.2, 0) is 6.42 Å². The number of hydrogen-bond donors (Lipinski definition) is 1. The molecule has 1 aromatic rings. The summed E-state index contributed by atoms with van der Waals surface area (Å²) in [6.45, 7) is 18.1. The molecule has 0 saturated carbocycles. The van der Waals surface area contributed by atoms with Gasteiger partial charge in [-0.2, -0.15) is 0 Å². The first kappa shape index (κ1) is 18.2. The maximum atomic E-state index is 3.57. The van der Waals surface area contributed by atoms with Gasteiger partial charge in [0.05, 0.1) is 0 Å². The van der Waals surface area contributed by atoms with Crippen LogP contribution in [0.1, 0.15) is 49.9 Å². The molecule has 0 fully saturated rings. The van der Waals surface area contributed by atoms with Gasteiger partial charge >= 0.3 is 0 Å². The van der Waals surface area contributed by atoms with Crippen LogP contribution in [0.15, 0.2) is 12.1 Å². The van der Waals surface area contributed by atoms with Gasteiger partial charge < -0.3 is 5.32 Å². The number of benzene rings is 1. The number of rotatable bonds is 7. The van der Waals surface area contributed by atoms with Crippen molar-refractivity contribution in [2.24, 2.45) is 0 Å². The van der Waals surface area contributed by atoms with Crippen molar-refractivity contribution in [2.75, 3.05) is 20.1 Å². The first-order valence-corrected chi connectivity index (χ1v) is 8.26. The van der Waals surface area contributed by atoms with Gasteiger partial charge in [0.2, 0.25) is 0 Å². The maximum absolute atomic E-state index is 3.57. The zero-order valence-electron chi connectivity index (χ0n) is 15.3. The lowest BCUT2D eigenvalue weighted by Crippen LogP contribution is -2.57. The van der Waals surface area contributed by atoms with Crippen molar-refractivity contribution in [2.45, 2.75) is 66.5 Å². The molecule has 0 radical (unpaired) electrons. The SMILES string of the molecule is CCN(CC)C(C)(C)C(Cc1c(C)cc(C)cc1C)NC. The molecular formula is C19H34N2. The Morgan fingerprint density at radius 1 is 1.05 bits per heavy atom. The van der Waals surface area contributed by atoms with Gasteiger partial charge in [0, 0.05) is 11.6 Å².